The highest BCUT2D eigenvalue weighted by Gasteiger charge is 2.09. The monoisotopic (exact) mass is 292 g/mol. The highest BCUT2D eigenvalue weighted by molar-refractivity contribution is 6.32. The molecule has 1 N–H and O–H groups in total. The summed E-state index contributed by atoms with van der Waals surface area (Å²) in [6.45, 7) is 0.783. The zero-order valence-electron chi connectivity index (χ0n) is 11.5. The maximum absolute atomic E-state index is 6.07. The first-order chi connectivity index (χ1) is 9.74. The van der Waals surface area contributed by atoms with Crippen molar-refractivity contribution in [3.8, 4) is 11.5 Å². The zero-order chi connectivity index (χ0) is 14.4. The van der Waals surface area contributed by atoms with Gasteiger partial charge in [-0.1, -0.05) is 11.6 Å². The van der Waals surface area contributed by atoms with E-state index >= 15 is 0 Å². The van der Waals surface area contributed by atoms with Gasteiger partial charge >= 0.3 is 0 Å². The van der Waals surface area contributed by atoms with Crippen LogP contribution in [0.5, 0.6) is 11.5 Å². The molecule has 0 spiro atoms. The van der Waals surface area contributed by atoms with E-state index in [-0.39, 0.29) is 0 Å². The predicted octanol–water partition coefficient (Wildman–Crippen LogP) is 3.41. The Bertz CT molecular complexity index is 561. The summed E-state index contributed by atoms with van der Waals surface area (Å²) in [6.07, 6.45) is 4.49. The van der Waals surface area contributed by atoms with Crippen LogP contribution >= 0.6 is 11.6 Å². The number of benzene rings is 1. The standard InChI is InChI=1S/C15H17ClN2O2/c1-19-14-10-13(15(20-2)9-12(14)16)18-8-5-11-3-6-17-7-4-11/h3-4,6-7,9-10,18H,5,8H2,1-2H3. The van der Waals surface area contributed by atoms with E-state index in [9.17, 15) is 0 Å². The number of halogens is 1. The van der Waals surface area contributed by atoms with Crippen molar-refractivity contribution in [3.05, 3.63) is 47.2 Å². The van der Waals surface area contributed by atoms with Crippen molar-refractivity contribution in [2.75, 3.05) is 26.1 Å². The van der Waals surface area contributed by atoms with Crippen LogP contribution < -0.4 is 14.8 Å². The summed E-state index contributed by atoms with van der Waals surface area (Å²) in [5.41, 5.74) is 2.09. The number of pyridine rings is 1. The van der Waals surface area contributed by atoms with Crippen LogP contribution in [0.1, 0.15) is 5.56 Å². The van der Waals surface area contributed by atoms with Gasteiger partial charge in [-0.3, -0.25) is 4.98 Å². The number of methoxy groups -OCH3 is 2. The fourth-order valence-corrected chi connectivity index (χ4v) is 2.12. The molecule has 0 unspecified atom stereocenters. The SMILES string of the molecule is COc1cc(NCCc2ccncc2)c(OC)cc1Cl. The molecule has 0 radical (unpaired) electrons. The van der Waals surface area contributed by atoms with E-state index < -0.39 is 0 Å². The van der Waals surface area contributed by atoms with Crippen LogP contribution in [0.4, 0.5) is 5.69 Å². The van der Waals surface area contributed by atoms with E-state index in [4.69, 9.17) is 21.1 Å². The smallest absolute Gasteiger partial charge is 0.143 e. The van der Waals surface area contributed by atoms with Gasteiger partial charge in [0, 0.05) is 31.1 Å². The predicted molar refractivity (Wildman–Crippen MR) is 81.0 cm³/mol. The molecule has 0 saturated carbocycles. The molecule has 0 atom stereocenters. The van der Waals surface area contributed by atoms with Gasteiger partial charge in [0.15, 0.2) is 0 Å². The van der Waals surface area contributed by atoms with Crippen molar-refractivity contribution >= 4 is 17.3 Å². The largest absolute Gasteiger partial charge is 0.495 e. The third kappa shape index (κ3) is 3.54. The Labute approximate surface area is 123 Å². The van der Waals surface area contributed by atoms with Crippen LogP contribution in [-0.2, 0) is 6.42 Å². The maximum Gasteiger partial charge on any atom is 0.143 e. The minimum Gasteiger partial charge on any atom is -0.495 e. The fourth-order valence-electron chi connectivity index (χ4n) is 1.89. The molecule has 20 heavy (non-hydrogen) atoms. The van der Waals surface area contributed by atoms with Crippen LogP contribution in [0.3, 0.4) is 0 Å². The first-order valence-corrected chi connectivity index (χ1v) is 6.66. The number of nitrogens with one attached hydrogen (secondary N) is 1. The first-order valence-electron chi connectivity index (χ1n) is 6.29. The topological polar surface area (TPSA) is 43.4 Å². The second kappa shape index (κ2) is 7.01. The lowest BCUT2D eigenvalue weighted by molar-refractivity contribution is 0.404. The van der Waals surface area contributed by atoms with Crippen molar-refractivity contribution in [1.29, 1.82) is 0 Å². The molecule has 0 fully saturated rings. The minimum absolute atomic E-state index is 0.532. The van der Waals surface area contributed by atoms with E-state index in [1.807, 2.05) is 18.2 Å². The Morgan fingerprint density at radius 1 is 1.10 bits per heavy atom. The van der Waals surface area contributed by atoms with Crippen molar-refractivity contribution < 1.29 is 9.47 Å². The summed E-state index contributed by atoms with van der Waals surface area (Å²) in [5, 5.41) is 3.86. The number of ether oxygens (including phenoxy) is 2. The molecule has 1 aromatic carbocycles. The molecule has 0 bridgehead atoms. The van der Waals surface area contributed by atoms with Gasteiger partial charge in [-0.05, 0) is 24.1 Å². The minimum atomic E-state index is 0.532. The van der Waals surface area contributed by atoms with Crippen LogP contribution in [0, 0.1) is 0 Å². The molecule has 4 nitrogen and oxygen atoms in total. The highest BCUT2D eigenvalue weighted by Crippen LogP contribution is 2.35. The highest BCUT2D eigenvalue weighted by atomic mass is 35.5. The van der Waals surface area contributed by atoms with E-state index in [2.05, 4.69) is 10.3 Å². The number of hydrogen-bond donors (Lipinski definition) is 1. The van der Waals surface area contributed by atoms with Crippen molar-refractivity contribution in [3.63, 3.8) is 0 Å². The number of rotatable bonds is 6. The average Bonchev–Trinajstić information content (AvgIpc) is 2.49. The molecule has 0 aliphatic heterocycles. The number of aromatic nitrogens is 1. The van der Waals surface area contributed by atoms with Crippen molar-refractivity contribution in [2.45, 2.75) is 6.42 Å². The van der Waals surface area contributed by atoms with Gasteiger partial charge in [0.25, 0.3) is 0 Å². The lowest BCUT2D eigenvalue weighted by Crippen LogP contribution is -2.06. The summed E-state index contributed by atoms with van der Waals surface area (Å²) in [4.78, 5) is 4.00. The molecule has 0 saturated heterocycles. The first kappa shape index (κ1) is 14.5. The third-order valence-corrected chi connectivity index (χ3v) is 3.25. The van der Waals surface area contributed by atoms with Gasteiger partial charge in [0.05, 0.1) is 24.9 Å². The molecular formula is C15H17ClN2O2. The number of hydrogen-bond acceptors (Lipinski definition) is 4. The Kier molecular flexibility index (Phi) is 5.07. The summed E-state index contributed by atoms with van der Waals surface area (Å²) < 4.78 is 10.5. The van der Waals surface area contributed by atoms with Crippen LogP contribution in [0.2, 0.25) is 5.02 Å². The zero-order valence-corrected chi connectivity index (χ0v) is 12.3. The van der Waals surface area contributed by atoms with E-state index in [1.165, 1.54) is 5.56 Å². The lowest BCUT2D eigenvalue weighted by atomic mass is 10.2. The Morgan fingerprint density at radius 3 is 2.45 bits per heavy atom. The summed E-state index contributed by atoms with van der Waals surface area (Å²) >= 11 is 6.07. The molecule has 0 aliphatic carbocycles. The normalized spacial score (nSPS) is 10.2. The van der Waals surface area contributed by atoms with Gasteiger partial charge in [0.1, 0.15) is 11.5 Å². The molecule has 1 aromatic heterocycles. The number of anilines is 1. The quantitative estimate of drug-likeness (QED) is 0.886. The van der Waals surface area contributed by atoms with Crippen molar-refractivity contribution in [2.24, 2.45) is 0 Å². The Hall–Kier alpha value is -1.94. The summed E-state index contributed by atoms with van der Waals surface area (Å²) in [7, 11) is 3.21. The molecule has 106 valence electrons. The molecule has 0 amide bonds. The average molecular weight is 293 g/mol. The second-order valence-electron chi connectivity index (χ2n) is 4.22. The molecular weight excluding hydrogens is 276 g/mol. The van der Waals surface area contributed by atoms with E-state index in [0.717, 1.165) is 18.7 Å². The van der Waals surface area contributed by atoms with Crippen LogP contribution in [-0.4, -0.2) is 25.7 Å². The maximum atomic E-state index is 6.07. The lowest BCUT2D eigenvalue weighted by Gasteiger charge is -2.14. The molecule has 5 heteroatoms. The van der Waals surface area contributed by atoms with Crippen LogP contribution in [0.15, 0.2) is 36.7 Å². The van der Waals surface area contributed by atoms with Gasteiger partial charge in [-0.15, -0.1) is 0 Å². The molecule has 0 aliphatic rings. The van der Waals surface area contributed by atoms with Gasteiger partial charge in [-0.25, -0.2) is 0 Å². The van der Waals surface area contributed by atoms with Gasteiger partial charge in [-0.2, -0.15) is 0 Å². The van der Waals surface area contributed by atoms with Crippen LogP contribution in [0.25, 0.3) is 0 Å². The third-order valence-electron chi connectivity index (χ3n) is 2.95. The molecule has 1 heterocycles. The number of nitrogens with zero attached hydrogens (tertiary/aromatic N) is 1. The van der Waals surface area contributed by atoms with Crippen molar-refractivity contribution in [1.82, 2.24) is 4.98 Å². The molecule has 2 rings (SSSR count). The van der Waals surface area contributed by atoms with Gasteiger partial charge < -0.3 is 14.8 Å². The Balaban J connectivity index is 2.05. The summed E-state index contributed by atoms with van der Waals surface area (Å²) in [5.74, 6) is 1.32. The fraction of sp³-hybridized carbons (Fsp3) is 0.267. The second-order valence-corrected chi connectivity index (χ2v) is 4.63. The van der Waals surface area contributed by atoms with E-state index in [0.29, 0.717) is 16.5 Å². The van der Waals surface area contributed by atoms with E-state index in [1.54, 1.807) is 32.7 Å². The Morgan fingerprint density at radius 2 is 1.80 bits per heavy atom. The van der Waals surface area contributed by atoms with Gasteiger partial charge in [0.2, 0.25) is 0 Å². The molecule has 2 aromatic rings. The summed E-state index contributed by atoms with van der Waals surface area (Å²) in [6, 6.07) is 7.59.